The van der Waals surface area contributed by atoms with E-state index < -0.39 is 17.5 Å². The molecule has 1 heterocycles. The maximum Gasteiger partial charge on any atom is 0.344 e. The van der Waals surface area contributed by atoms with Crippen LogP contribution in [0.4, 0.5) is 5.69 Å². The summed E-state index contributed by atoms with van der Waals surface area (Å²) in [5.74, 6) is -0.400. The highest BCUT2D eigenvalue weighted by Gasteiger charge is 2.18. The lowest BCUT2D eigenvalue weighted by Gasteiger charge is -2.10. The van der Waals surface area contributed by atoms with Crippen LogP contribution in [0.2, 0.25) is 0 Å². The molecule has 0 radical (unpaired) electrons. The van der Waals surface area contributed by atoms with Gasteiger partial charge in [0.15, 0.2) is 18.2 Å². The predicted octanol–water partition coefficient (Wildman–Crippen LogP) is 4.18. The van der Waals surface area contributed by atoms with E-state index in [0.717, 1.165) is 4.68 Å². The first-order valence-electron chi connectivity index (χ1n) is 11.1. The molecule has 1 aromatic heterocycles. The quantitative estimate of drug-likeness (QED) is 0.158. The normalized spacial score (nSPS) is 11.2. The topological polar surface area (TPSA) is 126 Å². The zero-order valence-electron chi connectivity index (χ0n) is 19.5. The number of ether oxygens (including phenoxy) is 2. The highest BCUT2D eigenvalue weighted by Crippen LogP contribution is 2.28. The molecule has 182 valence electrons. The molecule has 0 N–H and O–H groups in total. The van der Waals surface area contributed by atoms with Crippen molar-refractivity contribution in [3.8, 4) is 17.1 Å². The van der Waals surface area contributed by atoms with Gasteiger partial charge in [0.05, 0.1) is 28.1 Å². The van der Waals surface area contributed by atoms with Crippen LogP contribution in [0.5, 0.6) is 5.75 Å². The number of fused-ring (bicyclic) bond motifs is 1. The first-order chi connectivity index (χ1) is 17.3. The average molecular weight is 486 g/mol. The number of hydrogen-bond acceptors (Lipinski definition) is 8. The Labute approximate surface area is 205 Å². The molecule has 0 saturated carbocycles. The Morgan fingerprint density at radius 2 is 1.83 bits per heavy atom. The van der Waals surface area contributed by atoms with Crippen molar-refractivity contribution in [2.75, 3.05) is 6.61 Å². The lowest BCUT2D eigenvalue weighted by molar-refractivity contribution is -0.385. The van der Waals surface area contributed by atoms with Crippen LogP contribution in [0.1, 0.15) is 19.4 Å². The van der Waals surface area contributed by atoms with Gasteiger partial charge in [-0.1, -0.05) is 42.5 Å². The molecule has 36 heavy (non-hydrogen) atoms. The van der Waals surface area contributed by atoms with Crippen LogP contribution in [0, 0.1) is 10.1 Å². The summed E-state index contributed by atoms with van der Waals surface area (Å²) >= 11 is 0. The Bertz CT molecular complexity index is 1510. The van der Waals surface area contributed by atoms with Crippen LogP contribution in [-0.2, 0) is 9.53 Å². The Hall–Kier alpha value is -4.86. The van der Waals surface area contributed by atoms with E-state index in [4.69, 9.17) is 9.47 Å². The summed E-state index contributed by atoms with van der Waals surface area (Å²) in [7, 11) is 0. The third-order valence-electron chi connectivity index (χ3n) is 5.00. The van der Waals surface area contributed by atoms with Crippen LogP contribution in [0.3, 0.4) is 0 Å². The smallest absolute Gasteiger partial charge is 0.344 e. The van der Waals surface area contributed by atoms with Gasteiger partial charge in [0, 0.05) is 17.2 Å². The number of nitrogens with zero attached hydrogens (tertiary/aromatic N) is 4. The SMILES string of the molecule is CC(C)OC(=O)COc1ccc(C=Nn2c(-c3ccccc3)nc3ccccc3c2=O)cc1[N+](=O)[O-]. The number of nitro groups is 1. The van der Waals surface area contributed by atoms with E-state index in [2.05, 4.69) is 10.1 Å². The van der Waals surface area contributed by atoms with E-state index in [1.165, 1.54) is 24.4 Å². The molecule has 10 heteroatoms. The number of carbonyl (C=O) groups is 1. The van der Waals surface area contributed by atoms with E-state index >= 15 is 0 Å². The van der Waals surface area contributed by atoms with Gasteiger partial charge < -0.3 is 9.47 Å². The number of nitro benzene ring substituents is 1. The molecular formula is C26H22N4O6. The summed E-state index contributed by atoms with van der Waals surface area (Å²) < 4.78 is 11.4. The fourth-order valence-corrected chi connectivity index (χ4v) is 3.44. The standard InChI is InChI=1S/C26H22N4O6/c1-17(2)36-24(31)16-35-23-13-12-18(14-22(23)30(33)34)15-27-29-25(19-8-4-3-5-9-19)28-21-11-7-6-10-20(21)26(29)32/h3-15,17H,16H2,1-2H3. The van der Waals surface area contributed by atoms with Gasteiger partial charge in [0.2, 0.25) is 0 Å². The number of benzene rings is 3. The highest BCUT2D eigenvalue weighted by molar-refractivity contribution is 5.83. The Morgan fingerprint density at radius 3 is 2.56 bits per heavy atom. The van der Waals surface area contributed by atoms with E-state index in [1.807, 2.05) is 30.3 Å². The molecule has 0 aliphatic heterocycles. The summed E-state index contributed by atoms with van der Waals surface area (Å²) in [5.41, 5.74) is 0.816. The largest absolute Gasteiger partial charge is 0.475 e. The molecule has 0 unspecified atom stereocenters. The lowest BCUT2D eigenvalue weighted by atomic mass is 10.2. The molecule has 0 saturated heterocycles. The van der Waals surface area contributed by atoms with E-state index in [9.17, 15) is 19.7 Å². The third-order valence-corrected chi connectivity index (χ3v) is 5.00. The van der Waals surface area contributed by atoms with Gasteiger partial charge in [0.1, 0.15) is 0 Å². The van der Waals surface area contributed by atoms with E-state index in [1.54, 1.807) is 38.1 Å². The van der Waals surface area contributed by atoms with Crippen molar-refractivity contribution < 1.29 is 19.2 Å². The minimum atomic E-state index is -0.637. The maximum absolute atomic E-state index is 13.2. The summed E-state index contributed by atoms with van der Waals surface area (Å²) in [6.07, 6.45) is 0.997. The van der Waals surface area contributed by atoms with Gasteiger partial charge in [-0.3, -0.25) is 14.9 Å². The van der Waals surface area contributed by atoms with Crippen molar-refractivity contribution in [1.82, 2.24) is 9.66 Å². The zero-order valence-corrected chi connectivity index (χ0v) is 19.5. The molecule has 0 aliphatic rings. The molecule has 0 bridgehead atoms. The fraction of sp³-hybridized carbons (Fsp3) is 0.154. The summed E-state index contributed by atoms with van der Waals surface area (Å²) in [6, 6.07) is 20.2. The average Bonchev–Trinajstić information content (AvgIpc) is 2.87. The second-order valence-corrected chi connectivity index (χ2v) is 7.99. The number of hydrogen-bond donors (Lipinski definition) is 0. The van der Waals surface area contributed by atoms with Gasteiger partial charge in [0.25, 0.3) is 5.56 Å². The monoisotopic (exact) mass is 486 g/mol. The van der Waals surface area contributed by atoms with Crippen LogP contribution in [0.25, 0.3) is 22.3 Å². The zero-order chi connectivity index (χ0) is 25.7. The first kappa shape index (κ1) is 24.3. The van der Waals surface area contributed by atoms with E-state index in [0.29, 0.717) is 27.9 Å². The number of esters is 1. The van der Waals surface area contributed by atoms with Crippen LogP contribution >= 0.6 is 0 Å². The van der Waals surface area contributed by atoms with Gasteiger partial charge in [-0.05, 0) is 38.1 Å². The molecule has 0 spiro atoms. The molecule has 4 rings (SSSR count). The number of aromatic nitrogens is 2. The second-order valence-electron chi connectivity index (χ2n) is 7.99. The second kappa shape index (κ2) is 10.6. The summed E-state index contributed by atoms with van der Waals surface area (Å²) in [4.78, 5) is 40.6. The maximum atomic E-state index is 13.2. The van der Waals surface area contributed by atoms with Gasteiger partial charge in [-0.15, -0.1) is 0 Å². The Balaban J connectivity index is 1.71. The molecule has 0 fully saturated rings. The molecule has 0 amide bonds. The molecular weight excluding hydrogens is 464 g/mol. The van der Waals surface area contributed by atoms with Gasteiger partial charge in [-0.2, -0.15) is 9.78 Å². The Kier molecular flexibility index (Phi) is 7.15. The number of carbonyl (C=O) groups excluding carboxylic acids is 1. The molecule has 10 nitrogen and oxygen atoms in total. The van der Waals surface area contributed by atoms with Crippen LogP contribution in [-0.4, -0.2) is 39.5 Å². The van der Waals surface area contributed by atoms with Crippen LogP contribution < -0.4 is 10.3 Å². The van der Waals surface area contributed by atoms with Crippen molar-refractivity contribution in [3.63, 3.8) is 0 Å². The lowest BCUT2D eigenvalue weighted by Crippen LogP contribution is -2.20. The number of para-hydroxylation sites is 1. The molecule has 3 aromatic carbocycles. The number of rotatable bonds is 8. The highest BCUT2D eigenvalue weighted by atomic mass is 16.6. The van der Waals surface area contributed by atoms with Gasteiger partial charge in [-0.25, -0.2) is 9.78 Å². The van der Waals surface area contributed by atoms with Crippen molar-refractivity contribution in [1.29, 1.82) is 0 Å². The van der Waals surface area contributed by atoms with Crippen molar-refractivity contribution in [3.05, 3.63) is 98.8 Å². The molecule has 0 aliphatic carbocycles. The van der Waals surface area contributed by atoms with Crippen molar-refractivity contribution >= 4 is 28.8 Å². The first-order valence-corrected chi connectivity index (χ1v) is 11.1. The summed E-state index contributed by atoms with van der Waals surface area (Å²) in [6.45, 7) is 2.91. The van der Waals surface area contributed by atoms with Gasteiger partial charge >= 0.3 is 11.7 Å². The van der Waals surface area contributed by atoms with Crippen molar-refractivity contribution in [2.45, 2.75) is 20.0 Å². The van der Waals surface area contributed by atoms with E-state index in [-0.39, 0.29) is 23.1 Å². The molecule has 4 aromatic rings. The Morgan fingerprint density at radius 1 is 1.11 bits per heavy atom. The summed E-state index contributed by atoms with van der Waals surface area (Å²) in [5, 5.41) is 16.3. The minimum Gasteiger partial charge on any atom is -0.475 e. The molecule has 0 atom stereocenters. The third kappa shape index (κ3) is 5.44. The minimum absolute atomic E-state index is 0.0904. The predicted molar refractivity (Wildman–Crippen MR) is 134 cm³/mol. The van der Waals surface area contributed by atoms with Crippen molar-refractivity contribution in [2.24, 2.45) is 5.10 Å². The van der Waals surface area contributed by atoms with Crippen LogP contribution in [0.15, 0.2) is 82.7 Å². The fourth-order valence-electron chi connectivity index (χ4n) is 3.44.